The fourth-order valence-corrected chi connectivity index (χ4v) is 4.78. The molecule has 6 nitrogen and oxygen atoms in total. The molecule has 0 spiro atoms. The van der Waals surface area contributed by atoms with E-state index < -0.39 is 0 Å². The molecule has 0 saturated heterocycles. The van der Waals surface area contributed by atoms with E-state index in [4.69, 9.17) is 15.7 Å². The SMILES string of the molecule is Nc1c(C(=O)NCCCc2ccccc2)c2nc3ccccc3nc2n1CCC1=CCCCC1. The topological polar surface area (TPSA) is 85.8 Å². The van der Waals surface area contributed by atoms with Crippen molar-refractivity contribution in [2.45, 2.75) is 51.5 Å². The molecule has 1 aliphatic carbocycles. The predicted octanol–water partition coefficient (Wildman–Crippen LogP) is 5.42. The van der Waals surface area contributed by atoms with Crippen molar-refractivity contribution in [2.24, 2.45) is 0 Å². The number of allylic oxidation sites excluding steroid dienone is 2. The number of nitrogens with zero attached hydrogens (tertiary/aromatic N) is 3. The molecule has 4 aromatic rings. The van der Waals surface area contributed by atoms with E-state index in [9.17, 15) is 4.79 Å². The number of hydrogen-bond donors (Lipinski definition) is 2. The third-order valence-electron chi connectivity index (χ3n) is 6.63. The molecule has 1 amide bonds. The number of benzene rings is 2. The third-order valence-corrected chi connectivity index (χ3v) is 6.63. The van der Waals surface area contributed by atoms with Gasteiger partial charge in [-0.15, -0.1) is 0 Å². The number of carbonyl (C=O) groups excluding carboxylic acids is 1. The van der Waals surface area contributed by atoms with Gasteiger partial charge in [-0.2, -0.15) is 0 Å². The standard InChI is InChI=1S/C28H31N5O/c29-26-24(28(34)30-18-9-14-20-10-3-1-4-11-20)25-27(32-23-16-8-7-15-22(23)31-25)33(26)19-17-21-12-5-2-6-13-21/h1,3-4,7-8,10-12,15-16H,2,5-6,9,13-14,17-19,29H2,(H,30,34). The number of amides is 1. The van der Waals surface area contributed by atoms with Crippen LogP contribution in [0.4, 0.5) is 5.82 Å². The monoisotopic (exact) mass is 453 g/mol. The molecule has 0 bridgehead atoms. The van der Waals surface area contributed by atoms with Gasteiger partial charge in [-0.3, -0.25) is 4.79 Å². The van der Waals surface area contributed by atoms with Crippen molar-refractivity contribution in [3.8, 4) is 0 Å². The minimum atomic E-state index is -0.184. The first-order chi connectivity index (χ1) is 16.7. The molecule has 0 unspecified atom stereocenters. The average molecular weight is 454 g/mol. The van der Waals surface area contributed by atoms with Crippen LogP contribution in [0, 0.1) is 0 Å². The van der Waals surface area contributed by atoms with Gasteiger partial charge in [0.15, 0.2) is 5.65 Å². The van der Waals surface area contributed by atoms with Crippen molar-refractivity contribution in [3.05, 3.63) is 77.4 Å². The molecule has 0 fully saturated rings. The number of nitrogen functional groups attached to an aromatic ring is 1. The molecule has 2 aromatic carbocycles. The van der Waals surface area contributed by atoms with Crippen LogP contribution in [-0.2, 0) is 13.0 Å². The number of carbonyl (C=O) groups is 1. The summed E-state index contributed by atoms with van der Waals surface area (Å²) in [6.45, 7) is 1.27. The number of para-hydroxylation sites is 2. The zero-order valence-corrected chi connectivity index (χ0v) is 19.5. The van der Waals surface area contributed by atoms with E-state index in [-0.39, 0.29) is 5.91 Å². The summed E-state index contributed by atoms with van der Waals surface area (Å²) in [5, 5.41) is 3.06. The number of anilines is 1. The number of fused-ring (bicyclic) bond motifs is 2. The van der Waals surface area contributed by atoms with E-state index in [0.717, 1.165) is 43.1 Å². The smallest absolute Gasteiger partial charge is 0.257 e. The average Bonchev–Trinajstić information content (AvgIpc) is 3.15. The molecule has 0 saturated carbocycles. The molecular weight excluding hydrogens is 422 g/mol. The lowest BCUT2D eigenvalue weighted by Gasteiger charge is -2.14. The Kier molecular flexibility index (Phi) is 6.56. The summed E-state index contributed by atoms with van der Waals surface area (Å²) in [7, 11) is 0. The fraction of sp³-hybridized carbons (Fsp3) is 0.321. The second kappa shape index (κ2) is 10.1. The highest BCUT2D eigenvalue weighted by Crippen LogP contribution is 2.29. The van der Waals surface area contributed by atoms with E-state index in [2.05, 4.69) is 23.5 Å². The molecular formula is C28H31N5O. The van der Waals surface area contributed by atoms with Gasteiger partial charge < -0.3 is 15.6 Å². The van der Waals surface area contributed by atoms with Crippen LogP contribution in [-0.4, -0.2) is 27.0 Å². The fourth-order valence-electron chi connectivity index (χ4n) is 4.78. The minimum Gasteiger partial charge on any atom is -0.384 e. The van der Waals surface area contributed by atoms with Gasteiger partial charge in [-0.05, 0) is 62.6 Å². The number of hydrogen-bond acceptors (Lipinski definition) is 4. The summed E-state index contributed by atoms with van der Waals surface area (Å²) in [6.07, 6.45) is 9.85. The lowest BCUT2D eigenvalue weighted by molar-refractivity contribution is 0.0955. The van der Waals surface area contributed by atoms with Crippen LogP contribution < -0.4 is 11.1 Å². The quantitative estimate of drug-likeness (QED) is 0.275. The summed E-state index contributed by atoms with van der Waals surface area (Å²) >= 11 is 0. The third kappa shape index (κ3) is 4.67. The Hall–Kier alpha value is -3.67. The van der Waals surface area contributed by atoms with Crippen LogP contribution in [0.2, 0.25) is 0 Å². The number of aryl methyl sites for hydroxylation is 2. The molecule has 2 aromatic heterocycles. The van der Waals surface area contributed by atoms with E-state index >= 15 is 0 Å². The van der Waals surface area contributed by atoms with Crippen LogP contribution in [0.1, 0.15) is 54.4 Å². The van der Waals surface area contributed by atoms with E-state index in [1.807, 2.05) is 47.0 Å². The molecule has 1 aliphatic rings. The van der Waals surface area contributed by atoms with Crippen molar-refractivity contribution in [1.29, 1.82) is 0 Å². The van der Waals surface area contributed by atoms with E-state index in [1.54, 1.807) is 0 Å². The van der Waals surface area contributed by atoms with Gasteiger partial charge in [0.05, 0.1) is 11.0 Å². The summed E-state index contributed by atoms with van der Waals surface area (Å²) in [6, 6.07) is 18.1. The van der Waals surface area contributed by atoms with Gasteiger partial charge in [-0.1, -0.05) is 54.1 Å². The molecule has 0 radical (unpaired) electrons. The maximum absolute atomic E-state index is 13.3. The van der Waals surface area contributed by atoms with Crippen molar-refractivity contribution in [1.82, 2.24) is 19.9 Å². The van der Waals surface area contributed by atoms with Crippen LogP contribution in [0.5, 0.6) is 0 Å². The first-order valence-corrected chi connectivity index (χ1v) is 12.2. The molecule has 0 atom stereocenters. The zero-order valence-electron chi connectivity index (χ0n) is 19.5. The second-order valence-electron chi connectivity index (χ2n) is 9.00. The van der Waals surface area contributed by atoms with Gasteiger partial charge in [0, 0.05) is 13.1 Å². The minimum absolute atomic E-state index is 0.184. The highest BCUT2D eigenvalue weighted by molar-refractivity contribution is 6.10. The molecule has 5 rings (SSSR count). The predicted molar refractivity (Wildman–Crippen MR) is 138 cm³/mol. The Morgan fingerprint density at radius 1 is 0.971 bits per heavy atom. The second-order valence-corrected chi connectivity index (χ2v) is 9.00. The van der Waals surface area contributed by atoms with Crippen LogP contribution in [0.3, 0.4) is 0 Å². The Labute approximate surface area is 199 Å². The Morgan fingerprint density at radius 2 is 1.74 bits per heavy atom. The van der Waals surface area contributed by atoms with E-state index in [1.165, 1.54) is 24.0 Å². The largest absolute Gasteiger partial charge is 0.384 e. The molecule has 0 aliphatic heterocycles. The van der Waals surface area contributed by atoms with Crippen molar-refractivity contribution in [2.75, 3.05) is 12.3 Å². The van der Waals surface area contributed by atoms with Gasteiger partial charge in [0.25, 0.3) is 5.91 Å². The summed E-state index contributed by atoms with van der Waals surface area (Å²) in [4.78, 5) is 22.9. The molecule has 2 heterocycles. The van der Waals surface area contributed by atoms with Gasteiger partial charge in [0.1, 0.15) is 16.9 Å². The Balaban J connectivity index is 1.41. The first kappa shape index (κ1) is 22.1. The highest BCUT2D eigenvalue weighted by atomic mass is 16.1. The van der Waals surface area contributed by atoms with Crippen molar-refractivity contribution in [3.63, 3.8) is 0 Å². The van der Waals surface area contributed by atoms with Crippen LogP contribution >= 0.6 is 0 Å². The summed E-state index contributed by atoms with van der Waals surface area (Å²) in [5.41, 5.74) is 12.6. The number of aromatic nitrogens is 3. The number of rotatable bonds is 8. The normalized spacial score (nSPS) is 13.8. The molecule has 6 heteroatoms. The Morgan fingerprint density at radius 3 is 2.50 bits per heavy atom. The van der Waals surface area contributed by atoms with Crippen molar-refractivity contribution < 1.29 is 4.79 Å². The lowest BCUT2D eigenvalue weighted by atomic mass is 9.97. The van der Waals surface area contributed by atoms with Gasteiger partial charge in [-0.25, -0.2) is 9.97 Å². The highest BCUT2D eigenvalue weighted by Gasteiger charge is 2.24. The summed E-state index contributed by atoms with van der Waals surface area (Å²) in [5.74, 6) is 0.262. The van der Waals surface area contributed by atoms with Crippen LogP contribution in [0.25, 0.3) is 22.2 Å². The van der Waals surface area contributed by atoms with Crippen LogP contribution in [0.15, 0.2) is 66.2 Å². The van der Waals surface area contributed by atoms with E-state index in [0.29, 0.717) is 35.6 Å². The Bertz CT molecular complexity index is 1340. The van der Waals surface area contributed by atoms with Gasteiger partial charge >= 0.3 is 0 Å². The lowest BCUT2D eigenvalue weighted by Crippen LogP contribution is -2.25. The number of nitrogens with two attached hydrogens (primary N) is 1. The molecule has 3 N–H and O–H groups in total. The molecule has 174 valence electrons. The molecule has 34 heavy (non-hydrogen) atoms. The summed E-state index contributed by atoms with van der Waals surface area (Å²) < 4.78 is 1.98. The van der Waals surface area contributed by atoms with Gasteiger partial charge in [0.2, 0.25) is 0 Å². The zero-order chi connectivity index (χ0) is 23.3. The maximum atomic E-state index is 13.3. The van der Waals surface area contributed by atoms with Crippen molar-refractivity contribution >= 4 is 33.9 Å². The first-order valence-electron chi connectivity index (χ1n) is 12.2. The maximum Gasteiger partial charge on any atom is 0.257 e. The number of nitrogens with one attached hydrogen (secondary N) is 1.